The molecule has 3 N–H and O–H groups in total. The van der Waals surface area contributed by atoms with E-state index in [1.807, 2.05) is 4.90 Å². The summed E-state index contributed by atoms with van der Waals surface area (Å²) in [5, 5.41) is 21.2. The number of urea groups is 1. The monoisotopic (exact) mass is 571 g/mol. The molecule has 4 heterocycles. The van der Waals surface area contributed by atoms with Crippen LogP contribution in [0.5, 0.6) is 5.75 Å². The lowest BCUT2D eigenvalue weighted by Crippen LogP contribution is -2.48. The Morgan fingerprint density at radius 1 is 1.15 bits per heavy atom. The van der Waals surface area contributed by atoms with E-state index >= 15 is 0 Å². The van der Waals surface area contributed by atoms with Crippen LogP contribution in [0.2, 0.25) is 0 Å². The van der Waals surface area contributed by atoms with Crippen LogP contribution in [-0.4, -0.2) is 76.6 Å². The summed E-state index contributed by atoms with van der Waals surface area (Å²) < 4.78 is 47.1. The van der Waals surface area contributed by atoms with Gasteiger partial charge >= 0.3 is 12.2 Å². The molecule has 10 nitrogen and oxygen atoms in total. The van der Waals surface area contributed by atoms with Gasteiger partial charge in [0.25, 0.3) is 0 Å². The molecule has 1 aromatic carbocycles. The molecule has 2 amide bonds. The van der Waals surface area contributed by atoms with E-state index in [4.69, 9.17) is 9.84 Å². The van der Waals surface area contributed by atoms with Crippen LogP contribution in [-0.2, 0) is 0 Å². The number of nitrogens with one attached hydrogen (secondary N) is 1. The van der Waals surface area contributed by atoms with E-state index in [1.54, 1.807) is 12.1 Å². The minimum atomic E-state index is -4.64. The predicted octanol–water partition coefficient (Wildman–Crippen LogP) is 3.76. The quantitative estimate of drug-likeness (QED) is 0.332. The van der Waals surface area contributed by atoms with Crippen LogP contribution >= 0.6 is 0 Å². The van der Waals surface area contributed by atoms with Crippen LogP contribution in [0.1, 0.15) is 34.8 Å². The van der Waals surface area contributed by atoms with Crippen molar-refractivity contribution in [1.82, 2.24) is 9.97 Å². The summed E-state index contributed by atoms with van der Waals surface area (Å²) in [5.74, 6) is -2.14. The van der Waals surface area contributed by atoms with Crippen molar-refractivity contribution >= 4 is 29.1 Å². The van der Waals surface area contributed by atoms with E-state index in [9.17, 15) is 27.9 Å². The van der Waals surface area contributed by atoms with Gasteiger partial charge in [-0.25, -0.2) is 14.8 Å². The average molecular weight is 572 g/mol. The lowest BCUT2D eigenvalue weighted by molar-refractivity contribution is -0.149. The molecule has 1 saturated heterocycles. The highest BCUT2D eigenvalue weighted by atomic mass is 19.4. The standard InChI is InChI=1S/C28H28F3N5O5/c29-28(30,31)21(17-4-2-1-3-5-17)13-24(39)22-6-7-23-26(33-22)36(18-9-11-35(23)14-18)27(40)34-25-12-20(8-10-32-25)41-16-19(38)15-37/h1-8,10,12,18-19,21,37-38H,9,11,13-16H2,(H,32,34,40)/t18-,19+,21+/m0/s1. The summed E-state index contributed by atoms with van der Waals surface area (Å²) in [7, 11) is 0. The zero-order chi connectivity index (χ0) is 29.1. The number of nitrogens with zero attached hydrogens (tertiary/aromatic N) is 4. The normalized spacial score (nSPS) is 17.5. The largest absolute Gasteiger partial charge is 0.491 e. The Morgan fingerprint density at radius 3 is 2.66 bits per heavy atom. The summed E-state index contributed by atoms with van der Waals surface area (Å²) >= 11 is 0. The number of ketones is 1. The summed E-state index contributed by atoms with van der Waals surface area (Å²) in [6.07, 6.45) is -4.49. The Kier molecular flexibility index (Phi) is 8.08. The summed E-state index contributed by atoms with van der Waals surface area (Å²) in [5.41, 5.74) is 0.426. The van der Waals surface area contributed by atoms with Crippen LogP contribution in [0.25, 0.3) is 0 Å². The molecule has 3 atom stereocenters. The van der Waals surface area contributed by atoms with Crippen LogP contribution in [0, 0.1) is 0 Å². The number of anilines is 3. The molecule has 2 aromatic heterocycles. The number of hydrogen-bond donors (Lipinski definition) is 3. The smallest absolute Gasteiger partial charge is 0.396 e. The molecule has 13 heteroatoms. The third-order valence-electron chi connectivity index (χ3n) is 7.06. The summed E-state index contributed by atoms with van der Waals surface area (Å²) in [6.45, 7) is 0.554. The number of hydrogen-bond acceptors (Lipinski definition) is 8. The molecule has 0 radical (unpaired) electrons. The highest BCUT2D eigenvalue weighted by Crippen LogP contribution is 2.41. The molecular weight excluding hydrogens is 543 g/mol. The molecule has 41 heavy (non-hydrogen) atoms. The number of carbonyl (C=O) groups excluding carboxylic acids is 2. The molecule has 0 saturated carbocycles. The number of amides is 2. The lowest BCUT2D eigenvalue weighted by Gasteiger charge is -2.35. The van der Waals surface area contributed by atoms with Gasteiger partial charge in [-0.05, 0) is 30.2 Å². The first kappa shape index (κ1) is 28.3. The minimum Gasteiger partial charge on any atom is -0.491 e. The topological polar surface area (TPSA) is 128 Å². The molecule has 1 fully saturated rings. The fraction of sp³-hybridized carbons (Fsp3) is 0.357. The number of rotatable bonds is 9. The fourth-order valence-corrected chi connectivity index (χ4v) is 5.01. The number of alkyl halides is 3. The van der Waals surface area contributed by atoms with Gasteiger partial charge in [-0.2, -0.15) is 13.2 Å². The van der Waals surface area contributed by atoms with Crippen molar-refractivity contribution in [2.24, 2.45) is 0 Å². The molecule has 3 aromatic rings. The van der Waals surface area contributed by atoms with Gasteiger partial charge in [-0.1, -0.05) is 30.3 Å². The number of pyridine rings is 2. The first-order chi connectivity index (χ1) is 19.6. The highest BCUT2D eigenvalue weighted by Gasteiger charge is 2.43. The van der Waals surface area contributed by atoms with Gasteiger partial charge in [0, 0.05) is 31.8 Å². The maximum atomic E-state index is 13.9. The summed E-state index contributed by atoms with van der Waals surface area (Å²) in [6, 6.07) is 12.4. The Hall–Kier alpha value is -4.23. The van der Waals surface area contributed by atoms with Gasteiger partial charge in [-0.15, -0.1) is 0 Å². The van der Waals surface area contributed by atoms with Crippen LogP contribution in [0.4, 0.5) is 35.3 Å². The Morgan fingerprint density at radius 2 is 1.93 bits per heavy atom. The molecule has 5 rings (SSSR count). The predicted molar refractivity (Wildman–Crippen MR) is 143 cm³/mol. The van der Waals surface area contributed by atoms with Gasteiger partial charge in [0.2, 0.25) is 0 Å². The number of carbonyl (C=O) groups is 2. The number of halogens is 3. The van der Waals surface area contributed by atoms with Gasteiger partial charge in [0.05, 0.1) is 24.3 Å². The Balaban J connectivity index is 1.38. The highest BCUT2D eigenvalue weighted by molar-refractivity contribution is 6.05. The van der Waals surface area contributed by atoms with Crippen molar-refractivity contribution in [3.63, 3.8) is 0 Å². The first-order valence-corrected chi connectivity index (χ1v) is 13.0. The second-order valence-corrected chi connectivity index (χ2v) is 9.88. The number of ether oxygens (including phenoxy) is 1. The van der Waals surface area contributed by atoms with Crippen LogP contribution < -0.4 is 19.9 Å². The molecule has 0 unspecified atom stereocenters. The van der Waals surface area contributed by atoms with Crippen molar-refractivity contribution in [1.29, 1.82) is 0 Å². The molecule has 2 aliphatic heterocycles. The first-order valence-electron chi connectivity index (χ1n) is 13.0. The molecule has 2 bridgehead atoms. The second kappa shape index (κ2) is 11.7. The summed E-state index contributed by atoms with van der Waals surface area (Å²) in [4.78, 5) is 38.6. The zero-order valence-corrected chi connectivity index (χ0v) is 21.8. The number of Topliss-reactive ketones (excluding diaryl/α,β-unsaturated/α-hetero) is 1. The van der Waals surface area contributed by atoms with Gasteiger partial charge in [0.15, 0.2) is 11.6 Å². The van der Waals surface area contributed by atoms with Crippen molar-refractivity contribution in [3.8, 4) is 5.75 Å². The van der Waals surface area contributed by atoms with Crippen molar-refractivity contribution in [3.05, 3.63) is 72.1 Å². The van der Waals surface area contributed by atoms with Gasteiger partial charge < -0.3 is 19.8 Å². The number of benzene rings is 1. The third kappa shape index (κ3) is 6.25. The zero-order valence-electron chi connectivity index (χ0n) is 21.8. The maximum Gasteiger partial charge on any atom is 0.396 e. The van der Waals surface area contributed by atoms with E-state index in [-0.39, 0.29) is 35.5 Å². The molecular formula is C28H28F3N5O5. The van der Waals surface area contributed by atoms with Crippen LogP contribution in [0.3, 0.4) is 0 Å². The SMILES string of the molecule is O=C(C[C@H](c1ccccc1)C(F)(F)F)c1ccc2c(n1)N(C(=O)Nc1cc(OC[C@H](O)CO)ccn1)[C@H]1CCN2C1. The van der Waals surface area contributed by atoms with E-state index in [0.717, 1.165) is 0 Å². The Bertz CT molecular complexity index is 1410. The number of aromatic nitrogens is 2. The Labute approximate surface area is 233 Å². The van der Waals surface area contributed by atoms with E-state index in [2.05, 4.69) is 15.3 Å². The molecule has 0 aliphatic carbocycles. The van der Waals surface area contributed by atoms with Crippen molar-refractivity contribution in [2.45, 2.75) is 37.1 Å². The van der Waals surface area contributed by atoms with Gasteiger partial charge in [-0.3, -0.25) is 15.0 Å². The lowest BCUT2D eigenvalue weighted by atomic mass is 9.92. The van der Waals surface area contributed by atoms with Crippen molar-refractivity contribution in [2.75, 3.05) is 41.4 Å². The van der Waals surface area contributed by atoms with Gasteiger partial charge in [0.1, 0.15) is 30.0 Å². The van der Waals surface area contributed by atoms with E-state index in [1.165, 1.54) is 53.6 Å². The van der Waals surface area contributed by atoms with Crippen LogP contribution in [0.15, 0.2) is 60.8 Å². The third-order valence-corrected chi connectivity index (χ3v) is 7.06. The average Bonchev–Trinajstić information content (AvgIpc) is 3.38. The molecule has 0 spiro atoms. The van der Waals surface area contributed by atoms with E-state index in [0.29, 0.717) is 30.9 Å². The number of aliphatic hydroxyl groups is 2. The fourth-order valence-electron chi connectivity index (χ4n) is 5.01. The minimum absolute atomic E-state index is 0.0129. The maximum absolute atomic E-state index is 13.9. The molecule has 216 valence electrons. The second-order valence-electron chi connectivity index (χ2n) is 9.88. The van der Waals surface area contributed by atoms with Crippen molar-refractivity contribution < 1.29 is 37.7 Å². The number of fused-ring (bicyclic) bond motifs is 4. The number of aliphatic hydroxyl groups excluding tert-OH is 2. The molecule has 2 aliphatic rings. The van der Waals surface area contributed by atoms with E-state index < -0.39 is 43.0 Å².